The van der Waals surface area contributed by atoms with Crippen molar-refractivity contribution >= 4 is 40.1 Å². The van der Waals surface area contributed by atoms with Gasteiger partial charge in [-0.05, 0) is 84.8 Å². The van der Waals surface area contributed by atoms with E-state index in [1.165, 1.54) is 0 Å². The zero-order chi connectivity index (χ0) is 15.6. The standard InChI is InChI=1S/C17H17ClINO/c1-17(2,3)20-16(21)13-8-12(9-15(19)10-13)11-4-6-14(18)7-5-11/h4-10H,1-3H3,(H,20,21). The largest absolute Gasteiger partial charge is 0.347 e. The van der Waals surface area contributed by atoms with E-state index in [-0.39, 0.29) is 11.4 Å². The number of amides is 1. The summed E-state index contributed by atoms with van der Waals surface area (Å²) in [6.07, 6.45) is 0. The van der Waals surface area contributed by atoms with Crippen molar-refractivity contribution in [3.63, 3.8) is 0 Å². The van der Waals surface area contributed by atoms with E-state index in [9.17, 15) is 4.79 Å². The summed E-state index contributed by atoms with van der Waals surface area (Å²) >= 11 is 8.15. The third-order valence-electron chi connectivity index (χ3n) is 2.83. The Balaban J connectivity index is 2.37. The number of carbonyl (C=O) groups excluding carboxylic acids is 1. The Morgan fingerprint density at radius 1 is 1.05 bits per heavy atom. The lowest BCUT2D eigenvalue weighted by Crippen LogP contribution is -2.40. The van der Waals surface area contributed by atoms with Crippen molar-refractivity contribution in [2.24, 2.45) is 0 Å². The molecule has 0 saturated heterocycles. The third-order valence-corrected chi connectivity index (χ3v) is 3.70. The molecule has 4 heteroatoms. The van der Waals surface area contributed by atoms with E-state index in [2.05, 4.69) is 34.0 Å². The third kappa shape index (κ3) is 4.71. The maximum absolute atomic E-state index is 12.3. The predicted molar refractivity (Wildman–Crippen MR) is 96.8 cm³/mol. The molecule has 0 atom stereocenters. The molecule has 2 aromatic carbocycles. The van der Waals surface area contributed by atoms with Crippen molar-refractivity contribution < 1.29 is 4.79 Å². The van der Waals surface area contributed by atoms with Crippen LogP contribution in [0.1, 0.15) is 31.1 Å². The maximum Gasteiger partial charge on any atom is 0.251 e. The highest BCUT2D eigenvalue weighted by Crippen LogP contribution is 2.25. The topological polar surface area (TPSA) is 29.1 Å². The first kappa shape index (κ1) is 16.3. The summed E-state index contributed by atoms with van der Waals surface area (Å²) in [7, 11) is 0. The predicted octanol–water partition coefficient (Wildman–Crippen LogP) is 5.14. The van der Waals surface area contributed by atoms with Crippen LogP contribution in [-0.2, 0) is 0 Å². The SMILES string of the molecule is CC(C)(C)NC(=O)c1cc(I)cc(-c2ccc(Cl)cc2)c1. The number of hydrogen-bond acceptors (Lipinski definition) is 1. The van der Waals surface area contributed by atoms with E-state index in [1.807, 2.05) is 57.2 Å². The molecule has 0 heterocycles. The van der Waals surface area contributed by atoms with Crippen molar-refractivity contribution in [1.29, 1.82) is 0 Å². The molecule has 0 spiro atoms. The van der Waals surface area contributed by atoms with Crippen LogP contribution < -0.4 is 5.32 Å². The zero-order valence-corrected chi connectivity index (χ0v) is 15.1. The Kier molecular flexibility index (Phi) is 4.94. The number of nitrogens with one attached hydrogen (secondary N) is 1. The van der Waals surface area contributed by atoms with Crippen molar-refractivity contribution in [3.8, 4) is 11.1 Å². The van der Waals surface area contributed by atoms with Gasteiger partial charge in [0.15, 0.2) is 0 Å². The second-order valence-corrected chi connectivity index (χ2v) is 7.62. The van der Waals surface area contributed by atoms with Gasteiger partial charge in [0.25, 0.3) is 5.91 Å². The van der Waals surface area contributed by atoms with Crippen LogP contribution in [0.15, 0.2) is 42.5 Å². The molecule has 2 aromatic rings. The van der Waals surface area contributed by atoms with Gasteiger partial charge in [0.1, 0.15) is 0 Å². The van der Waals surface area contributed by atoms with Crippen LogP contribution in [0.2, 0.25) is 5.02 Å². The number of rotatable bonds is 2. The fourth-order valence-electron chi connectivity index (χ4n) is 1.94. The maximum atomic E-state index is 12.3. The highest BCUT2D eigenvalue weighted by molar-refractivity contribution is 14.1. The van der Waals surface area contributed by atoms with Gasteiger partial charge in [0.2, 0.25) is 0 Å². The molecule has 1 N–H and O–H groups in total. The molecule has 110 valence electrons. The lowest BCUT2D eigenvalue weighted by Gasteiger charge is -2.20. The minimum atomic E-state index is -0.251. The molecular formula is C17H17ClINO. The molecular weight excluding hydrogens is 397 g/mol. The minimum absolute atomic E-state index is 0.0590. The number of carbonyl (C=O) groups is 1. The molecule has 0 bridgehead atoms. The Morgan fingerprint density at radius 2 is 1.67 bits per heavy atom. The Hall–Kier alpha value is -1.07. The minimum Gasteiger partial charge on any atom is -0.347 e. The summed E-state index contributed by atoms with van der Waals surface area (Å²) in [6.45, 7) is 5.91. The molecule has 0 unspecified atom stereocenters. The first-order valence-corrected chi connectivity index (χ1v) is 8.09. The highest BCUT2D eigenvalue weighted by atomic mass is 127. The second-order valence-electron chi connectivity index (χ2n) is 5.94. The van der Waals surface area contributed by atoms with Gasteiger partial charge >= 0.3 is 0 Å². The Morgan fingerprint density at radius 3 is 2.24 bits per heavy atom. The average Bonchev–Trinajstić information content (AvgIpc) is 2.36. The number of benzene rings is 2. The molecule has 21 heavy (non-hydrogen) atoms. The summed E-state index contributed by atoms with van der Waals surface area (Å²) in [6, 6.07) is 13.5. The summed E-state index contributed by atoms with van der Waals surface area (Å²) in [5.74, 6) is -0.0590. The zero-order valence-electron chi connectivity index (χ0n) is 12.2. The van der Waals surface area contributed by atoms with E-state index < -0.39 is 0 Å². The molecule has 0 aromatic heterocycles. The van der Waals surface area contributed by atoms with Gasteiger partial charge in [-0.3, -0.25) is 4.79 Å². The summed E-state index contributed by atoms with van der Waals surface area (Å²) < 4.78 is 1.03. The van der Waals surface area contributed by atoms with Crippen molar-refractivity contribution in [3.05, 3.63) is 56.6 Å². The molecule has 1 amide bonds. The first-order chi connectivity index (χ1) is 9.74. The molecule has 2 rings (SSSR count). The lowest BCUT2D eigenvalue weighted by atomic mass is 10.0. The average molecular weight is 414 g/mol. The van der Waals surface area contributed by atoms with Crippen LogP contribution in [-0.4, -0.2) is 11.4 Å². The normalized spacial score (nSPS) is 11.3. The summed E-state index contributed by atoms with van der Waals surface area (Å²) in [5, 5.41) is 3.69. The van der Waals surface area contributed by atoms with Crippen LogP contribution in [0.4, 0.5) is 0 Å². The van der Waals surface area contributed by atoms with Crippen LogP contribution >= 0.6 is 34.2 Å². The van der Waals surface area contributed by atoms with E-state index >= 15 is 0 Å². The molecule has 0 saturated carbocycles. The summed E-state index contributed by atoms with van der Waals surface area (Å²) in [5.41, 5.74) is 2.47. The smallest absolute Gasteiger partial charge is 0.251 e. The molecule has 0 radical (unpaired) electrons. The van der Waals surface area contributed by atoms with Crippen LogP contribution in [0.25, 0.3) is 11.1 Å². The van der Waals surface area contributed by atoms with Gasteiger partial charge in [-0.2, -0.15) is 0 Å². The van der Waals surface area contributed by atoms with Crippen LogP contribution in [0.3, 0.4) is 0 Å². The molecule has 0 aliphatic rings. The first-order valence-electron chi connectivity index (χ1n) is 6.64. The lowest BCUT2D eigenvalue weighted by molar-refractivity contribution is 0.0919. The van der Waals surface area contributed by atoms with Crippen molar-refractivity contribution in [2.75, 3.05) is 0 Å². The van der Waals surface area contributed by atoms with Gasteiger partial charge < -0.3 is 5.32 Å². The molecule has 0 aliphatic carbocycles. The molecule has 0 aliphatic heterocycles. The monoisotopic (exact) mass is 413 g/mol. The van der Waals surface area contributed by atoms with Crippen molar-refractivity contribution in [1.82, 2.24) is 5.32 Å². The van der Waals surface area contributed by atoms with E-state index in [0.717, 1.165) is 14.7 Å². The van der Waals surface area contributed by atoms with Gasteiger partial charge in [-0.1, -0.05) is 23.7 Å². The van der Waals surface area contributed by atoms with Gasteiger partial charge in [-0.25, -0.2) is 0 Å². The van der Waals surface area contributed by atoms with Gasteiger partial charge in [0.05, 0.1) is 0 Å². The summed E-state index contributed by atoms with van der Waals surface area (Å²) in [4.78, 5) is 12.3. The van der Waals surface area contributed by atoms with Crippen LogP contribution in [0.5, 0.6) is 0 Å². The quantitative estimate of drug-likeness (QED) is 0.679. The van der Waals surface area contributed by atoms with E-state index in [1.54, 1.807) is 0 Å². The number of halogens is 2. The second kappa shape index (κ2) is 6.36. The highest BCUT2D eigenvalue weighted by Gasteiger charge is 2.16. The van der Waals surface area contributed by atoms with Gasteiger partial charge in [0, 0.05) is 19.7 Å². The fraction of sp³-hybridized carbons (Fsp3) is 0.235. The Bertz CT molecular complexity index is 659. The van der Waals surface area contributed by atoms with Crippen molar-refractivity contribution in [2.45, 2.75) is 26.3 Å². The van der Waals surface area contributed by atoms with E-state index in [0.29, 0.717) is 10.6 Å². The number of hydrogen-bond donors (Lipinski definition) is 1. The van der Waals surface area contributed by atoms with E-state index in [4.69, 9.17) is 11.6 Å². The molecule has 2 nitrogen and oxygen atoms in total. The Labute approximate surface area is 144 Å². The van der Waals surface area contributed by atoms with Gasteiger partial charge in [-0.15, -0.1) is 0 Å². The molecule has 0 fully saturated rings. The fourth-order valence-corrected chi connectivity index (χ4v) is 2.74. The van der Waals surface area contributed by atoms with Crippen LogP contribution in [0, 0.1) is 3.57 Å².